The third-order valence-corrected chi connectivity index (χ3v) is 4.13. The molecular weight excluding hydrogens is 338 g/mol. The quantitative estimate of drug-likeness (QED) is 0.741. The van der Waals surface area contributed by atoms with Crippen molar-refractivity contribution < 1.29 is 9.84 Å². The zero-order valence-electron chi connectivity index (χ0n) is 14.2. The summed E-state index contributed by atoms with van der Waals surface area (Å²) in [5.74, 6) is 1.35. The Morgan fingerprint density at radius 1 is 1.00 bits per heavy atom. The molecule has 0 spiro atoms. The molecule has 128 valence electrons. The highest BCUT2D eigenvalue weighted by atomic mass is 35.5. The minimum atomic E-state index is -0.324. The van der Waals surface area contributed by atoms with Crippen LogP contribution in [0.4, 0.5) is 0 Å². The van der Waals surface area contributed by atoms with Crippen LogP contribution in [0.1, 0.15) is 18.1 Å². The fraction of sp³-hybridized carbons (Fsp3) is 0.211. The molecule has 1 heterocycles. The summed E-state index contributed by atoms with van der Waals surface area (Å²) in [6, 6.07) is 10.9. The van der Waals surface area contributed by atoms with Crippen molar-refractivity contribution in [3.05, 3.63) is 52.5 Å². The molecule has 25 heavy (non-hydrogen) atoms. The van der Waals surface area contributed by atoms with E-state index in [2.05, 4.69) is 15.0 Å². The standard InChI is InChI=1S/C19H18ClN3O2/c1-4-25-15-10-13(8-9-14(15)20)17-21-18(23-19(24)22-17)16-11(2)6-5-7-12(16)3/h5-10H,4H2,1-3H3,(H,21,22,23,24). The first kappa shape index (κ1) is 17.2. The van der Waals surface area contributed by atoms with Gasteiger partial charge in [0.25, 0.3) is 0 Å². The molecule has 0 amide bonds. The number of aryl methyl sites for hydroxylation is 2. The molecule has 1 N–H and O–H groups in total. The zero-order chi connectivity index (χ0) is 18.0. The van der Waals surface area contributed by atoms with Gasteiger partial charge in [-0.05, 0) is 50.1 Å². The van der Waals surface area contributed by atoms with Crippen LogP contribution in [-0.2, 0) is 0 Å². The summed E-state index contributed by atoms with van der Waals surface area (Å²) < 4.78 is 5.52. The highest BCUT2D eigenvalue weighted by Gasteiger charge is 2.14. The van der Waals surface area contributed by atoms with Crippen LogP contribution >= 0.6 is 11.6 Å². The van der Waals surface area contributed by atoms with E-state index in [1.807, 2.05) is 39.0 Å². The minimum absolute atomic E-state index is 0.324. The molecule has 3 aromatic rings. The molecule has 3 rings (SSSR count). The van der Waals surface area contributed by atoms with Crippen molar-refractivity contribution in [2.24, 2.45) is 0 Å². The molecule has 0 saturated heterocycles. The third-order valence-electron chi connectivity index (χ3n) is 3.82. The molecule has 0 unspecified atom stereocenters. The second kappa shape index (κ2) is 7.07. The smallest absolute Gasteiger partial charge is 0.318 e. The highest BCUT2D eigenvalue weighted by molar-refractivity contribution is 6.32. The molecule has 1 aromatic heterocycles. The summed E-state index contributed by atoms with van der Waals surface area (Å²) in [6.07, 6.45) is 0. The fourth-order valence-corrected chi connectivity index (χ4v) is 2.85. The molecule has 0 aliphatic carbocycles. The molecule has 0 radical (unpaired) electrons. The van der Waals surface area contributed by atoms with Crippen LogP contribution in [0.2, 0.25) is 5.02 Å². The SMILES string of the molecule is CCOc1cc(-c2nc(O)nc(-c3c(C)cccc3C)n2)ccc1Cl. The molecule has 2 aromatic carbocycles. The molecular formula is C19H18ClN3O2. The van der Waals surface area contributed by atoms with Crippen molar-refractivity contribution in [2.75, 3.05) is 6.61 Å². The van der Waals surface area contributed by atoms with E-state index in [1.54, 1.807) is 18.2 Å². The van der Waals surface area contributed by atoms with Gasteiger partial charge in [-0.2, -0.15) is 9.97 Å². The maximum Gasteiger partial charge on any atom is 0.318 e. The predicted molar refractivity (Wildman–Crippen MR) is 98.0 cm³/mol. The Bertz CT molecular complexity index is 908. The van der Waals surface area contributed by atoms with E-state index in [-0.39, 0.29) is 6.01 Å². The fourth-order valence-electron chi connectivity index (χ4n) is 2.68. The van der Waals surface area contributed by atoms with Crippen LogP contribution in [0, 0.1) is 13.8 Å². The minimum Gasteiger partial charge on any atom is -0.492 e. The van der Waals surface area contributed by atoms with E-state index in [0.717, 1.165) is 16.7 Å². The van der Waals surface area contributed by atoms with E-state index in [1.165, 1.54) is 0 Å². The number of halogens is 1. The van der Waals surface area contributed by atoms with E-state index >= 15 is 0 Å². The average Bonchev–Trinajstić information content (AvgIpc) is 2.56. The number of hydrogen-bond donors (Lipinski definition) is 1. The van der Waals surface area contributed by atoms with Gasteiger partial charge in [-0.3, -0.25) is 0 Å². The van der Waals surface area contributed by atoms with E-state index < -0.39 is 0 Å². The number of aromatic hydroxyl groups is 1. The molecule has 0 bridgehead atoms. The van der Waals surface area contributed by atoms with Gasteiger partial charge in [0.2, 0.25) is 0 Å². The van der Waals surface area contributed by atoms with Gasteiger partial charge in [-0.15, -0.1) is 0 Å². The normalized spacial score (nSPS) is 10.7. The van der Waals surface area contributed by atoms with Crippen molar-refractivity contribution in [2.45, 2.75) is 20.8 Å². The number of benzene rings is 2. The van der Waals surface area contributed by atoms with Crippen LogP contribution in [0.25, 0.3) is 22.8 Å². The third kappa shape index (κ3) is 3.56. The second-order valence-electron chi connectivity index (χ2n) is 5.63. The van der Waals surface area contributed by atoms with Crippen LogP contribution in [0.5, 0.6) is 11.8 Å². The van der Waals surface area contributed by atoms with E-state index in [9.17, 15) is 5.11 Å². The lowest BCUT2D eigenvalue weighted by atomic mass is 10.0. The van der Waals surface area contributed by atoms with Gasteiger partial charge < -0.3 is 9.84 Å². The number of nitrogens with zero attached hydrogens (tertiary/aromatic N) is 3. The number of ether oxygens (including phenoxy) is 1. The molecule has 0 aliphatic heterocycles. The van der Waals surface area contributed by atoms with E-state index in [0.29, 0.717) is 34.6 Å². The lowest BCUT2D eigenvalue weighted by Crippen LogP contribution is -2.00. The summed E-state index contributed by atoms with van der Waals surface area (Å²) in [5, 5.41) is 10.5. The largest absolute Gasteiger partial charge is 0.492 e. The molecule has 0 atom stereocenters. The maximum atomic E-state index is 10.0. The lowest BCUT2D eigenvalue weighted by molar-refractivity contribution is 0.340. The van der Waals surface area contributed by atoms with Gasteiger partial charge in [0.1, 0.15) is 5.75 Å². The van der Waals surface area contributed by atoms with Crippen molar-refractivity contribution in [1.82, 2.24) is 15.0 Å². The zero-order valence-corrected chi connectivity index (χ0v) is 15.0. The van der Waals surface area contributed by atoms with Crippen molar-refractivity contribution in [3.8, 4) is 34.5 Å². The Morgan fingerprint density at radius 2 is 1.68 bits per heavy atom. The molecule has 0 fully saturated rings. The lowest BCUT2D eigenvalue weighted by Gasteiger charge is -2.11. The van der Waals surface area contributed by atoms with Crippen molar-refractivity contribution >= 4 is 11.6 Å². The summed E-state index contributed by atoms with van der Waals surface area (Å²) in [4.78, 5) is 12.7. The van der Waals surface area contributed by atoms with Gasteiger partial charge in [-0.1, -0.05) is 29.8 Å². The highest BCUT2D eigenvalue weighted by Crippen LogP contribution is 2.31. The van der Waals surface area contributed by atoms with Gasteiger partial charge in [0.05, 0.1) is 11.6 Å². The van der Waals surface area contributed by atoms with Crippen molar-refractivity contribution in [3.63, 3.8) is 0 Å². The monoisotopic (exact) mass is 355 g/mol. The first-order valence-electron chi connectivity index (χ1n) is 7.94. The topological polar surface area (TPSA) is 68.1 Å². The van der Waals surface area contributed by atoms with Crippen LogP contribution in [0.15, 0.2) is 36.4 Å². The Morgan fingerprint density at radius 3 is 2.36 bits per heavy atom. The van der Waals surface area contributed by atoms with Crippen LogP contribution in [0.3, 0.4) is 0 Å². The molecule has 0 aliphatic rings. The van der Waals surface area contributed by atoms with Crippen LogP contribution in [-0.4, -0.2) is 26.7 Å². The molecule has 6 heteroatoms. The summed E-state index contributed by atoms with van der Waals surface area (Å²) >= 11 is 6.13. The average molecular weight is 356 g/mol. The van der Waals surface area contributed by atoms with Gasteiger partial charge in [0, 0.05) is 11.1 Å². The first-order valence-corrected chi connectivity index (χ1v) is 8.31. The Hall–Kier alpha value is -2.66. The first-order chi connectivity index (χ1) is 12.0. The molecule has 5 nitrogen and oxygen atoms in total. The summed E-state index contributed by atoms with van der Waals surface area (Å²) in [5.41, 5.74) is 3.64. The van der Waals surface area contributed by atoms with Gasteiger partial charge >= 0.3 is 6.01 Å². The Kier molecular flexibility index (Phi) is 4.86. The van der Waals surface area contributed by atoms with Gasteiger partial charge in [0.15, 0.2) is 11.6 Å². The van der Waals surface area contributed by atoms with Crippen LogP contribution < -0.4 is 4.74 Å². The van der Waals surface area contributed by atoms with Gasteiger partial charge in [-0.25, -0.2) is 4.98 Å². The van der Waals surface area contributed by atoms with Crippen molar-refractivity contribution in [1.29, 1.82) is 0 Å². The summed E-state index contributed by atoms with van der Waals surface area (Å²) in [7, 11) is 0. The second-order valence-corrected chi connectivity index (χ2v) is 6.03. The predicted octanol–water partition coefficient (Wildman–Crippen LogP) is 4.58. The molecule has 0 saturated carbocycles. The summed E-state index contributed by atoms with van der Waals surface area (Å²) in [6.45, 7) is 6.35. The van der Waals surface area contributed by atoms with E-state index in [4.69, 9.17) is 16.3 Å². The number of hydrogen-bond acceptors (Lipinski definition) is 5. The number of aromatic nitrogens is 3. The number of rotatable bonds is 4. The Balaban J connectivity index is 2.14. The Labute approximate surface area is 151 Å². The maximum absolute atomic E-state index is 10.0.